The van der Waals surface area contributed by atoms with Gasteiger partial charge in [0.05, 0.1) is 17.1 Å². The van der Waals surface area contributed by atoms with E-state index in [9.17, 15) is 9.59 Å². The van der Waals surface area contributed by atoms with Crippen molar-refractivity contribution in [2.75, 3.05) is 0 Å². The largest absolute Gasteiger partial charge is 0.465 e. The Morgan fingerprint density at radius 2 is 2.28 bits per heavy atom. The molecule has 5 nitrogen and oxygen atoms in total. The molecule has 0 radical (unpaired) electrons. The van der Waals surface area contributed by atoms with Crippen LogP contribution >= 0.6 is 11.3 Å². The molecular weight excluding hydrogens is 252 g/mol. The second kappa shape index (κ2) is 3.92. The molecule has 3 heterocycles. The van der Waals surface area contributed by atoms with E-state index in [1.54, 1.807) is 6.07 Å². The first-order chi connectivity index (χ1) is 8.68. The number of fused-ring (bicyclic) bond motifs is 1. The quantitative estimate of drug-likeness (QED) is 0.854. The van der Waals surface area contributed by atoms with Crippen LogP contribution in [0, 0.1) is 0 Å². The average molecular weight is 260 g/mol. The van der Waals surface area contributed by atoms with E-state index in [0.717, 1.165) is 9.78 Å². The van der Waals surface area contributed by atoms with Gasteiger partial charge >= 0.3 is 6.09 Å². The SMILES string of the molecule is O=C(O)N1Cc2c(ccnc2-c2cccs2)C1=O. The number of amides is 2. The highest BCUT2D eigenvalue weighted by molar-refractivity contribution is 7.13. The second-order valence-corrected chi connectivity index (χ2v) is 4.78. The Balaban J connectivity index is 2.14. The minimum atomic E-state index is -1.23. The number of pyridine rings is 1. The second-order valence-electron chi connectivity index (χ2n) is 3.84. The van der Waals surface area contributed by atoms with Gasteiger partial charge in [-0.25, -0.2) is 9.69 Å². The fourth-order valence-corrected chi connectivity index (χ4v) is 2.76. The summed E-state index contributed by atoms with van der Waals surface area (Å²) in [5.74, 6) is -0.474. The van der Waals surface area contributed by atoms with Crippen LogP contribution in [0.1, 0.15) is 15.9 Å². The molecule has 0 aliphatic carbocycles. The van der Waals surface area contributed by atoms with E-state index in [1.807, 2.05) is 17.5 Å². The highest BCUT2D eigenvalue weighted by atomic mass is 32.1. The van der Waals surface area contributed by atoms with Gasteiger partial charge in [0.25, 0.3) is 5.91 Å². The lowest BCUT2D eigenvalue weighted by molar-refractivity contribution is 0.0764. The Morgan fingerprint density at radius 1 is 1.44 bits per heavy atom. The van der Waals surface area contributed by atoms with Crippen LogP contribution in [0.25, 0.3) is 10.6 Å². The smallest absolute Gasteiger partial charge is 0.414 e. The number of imide groups is 1. The third kappa shape index (κ3) is 1.50. The van der Waals surface area contributed by atoms with Gasteiger partial charge in [-0.2, -0.15) is 0 Å². The van der Waals surface area contributed by atoms with E-state index in [0.29, 0.717) is 16.8 Å². The van der Waals surface area contributed by atoms with Crippen molar-refractivity contribution in [2.45, 2.75) is 6.54 Å². The standard InChI is InChI=1S/C12H8N2O3S/c15-11-7-3-4-13-10(9-2-1-5-18-9)8(7)6-14(11)12(16)17/h1-5H,6H2,(H,16,17). The van der Waals surface area contributed by atoms with Gasteiger partial charge in [-0.05, 0) is 17.5 Å². The van der Waals surface area contributed by atoms with Gasteiger partial charge < -0.3 is 5.11 Å². The Morgan fingerprint density at radius 3 is 2.94 bits per heavy atom. The molecule has 1 aliphatic rings. The molecule has 0 saturated carbocycles. The zero-order valence-corrected chi connectivity index (χ0v) is 9.98. The Kier molecular flexibility index (Phi) is 2.38. The predicted octanol–water partition coefficient (Wildman–Crippen LogP) is 2.44. The number of rotatable bonds is 1. The summed E-state index contributed by atoms with van der Waals surface area (Å²) >= 11 is 1.51. The summed E-state index contributed by atoms with van der Waals surface area (Å²) in [5.41, 5.74) is 1.81. The summed E-state index contributed by atoms with van der Waals surface area (Å²) in [7, 11) is 0. The molecule has 0 unspecified atom stereocenters. The number of hydrogen-bond donors (Lipinski definition) is 1. The van der Waals surface area contributed by atoms with Crippen molar-refractivity contribution in [3.05, 3.63) is 40.9 Å². The third-order valence-electron chi connectivity index (χ3n) is 2.83. The zero-order chi connectivity index (χ0) is 12.7. The summed E-state index contributed by atoms with van der Waals surface area (Å²) in [6.45, 7) is 0.0740. The molecule has 2 aromatic rings. The van der Waals surface area contributed by atoms with Gasteiger partial charge in [0.15, 0.2) is 0 Å². The van der Waals surface area contributed by atoms with Crippen molar-refractivity contribution in [3.63, 3.8) is 0 Å². The third-order valence-corrected chi connectivity index (χ3v) is 3.71. The molecule has 0 aromatic carbocycles. The minimum absolute atomic E-state index is 0.0740. The maximum Gasteiger partial charge on any atom is 0.414 e. The topological polar surface area (TPSA) is 70.5 Å². The molecule has 2 amide bonds. The van der Waals surface area contributed by atoms with Crippen molar-refractivity contribution in [1.29, 1.82) is 0 Å². The van der Waals surface area contributed by atoms with Gasteiger partial charge in [0, 0.05) is 17.3 Å². The number of aromatic nitrogens is 1. The average Bonchev–Trinajstić information content (AvgIpc) is 2.97. The maximum atomic E-state index is 11.9. The van der Waals surface area contributed by atoms with Crippen molar-refractivity contribution in [2.24, 2.45) is 0 Å². The lowest BCUT2D eigenvalue weighted by atomic mass is 10.1. The molecule has 90 valence electrons. The van der Waals surface area contributed by atoms with Crippen molar-refractivity contribution < 1.29 is 14.7 Å². The first kappa shape index (κ1) is 10.9. The van der Waals surface area contributed by atoms with Crippen molar-refractivity contribution in [1.82, 2.24) is 9.88 Å². The van der Waals surface area contributed by atoms with E-state index in [-0.39, 0.29) is 6.54 Å². The molecule has 3 rings (SSSR count). The van der Waals surface area contributed by atoms with Gasteiger partial charge in [-0.3, -0.25) is 9.78 Å². The molecule has 6 heteroatoms. The van der Waals surface area contributed by atoms with Crippen LogP contribution in [0.5, 0.6) is 0 Å². The van der Waals surface area contributed by atoms with E-state index in [1.165, 1.54) is 17.5 Å². The summed E-state index contributed by atoms with van der Waals surface area (Å²) in [4.78, 5) is 28.9. The Bertz CT molecular complexity index is 637. The van der Waals surface area contributed by atoms with Crippen LogP contribution in [0.4, 0.5) is 4.79 Å². The maximum absolute atomic E-state index is 11.9. The van der Waals surface area contributed by atoms with E-state index in [2.05, 4.69) is 4.98 Å². The van der Waals surface area contributed by atoms with Gasteiger partial charge in [-0.15, -0.1) is 11.3 Å². The summed E-state index contributed by atoms with van der Waals surface area (Å²) in [5, 5.41) is 10.9. The molecule has 0 atom stereocenters. The fraction of sp³-hybridized carbons (Fsp3) is 0.0833. The normalized spacial score (nSPS) is 13.8. The highest BCUT2D eigenvalue weighted by Crippen LogP contribution is 2.33. The molecule has 0 saturated heterocycles. The fourth-order valence-electron chi connectivity index (χ4n) is 2.01. The predicted molar refractivity (Wildman–Crippen MR) is 65.4 cm³/mol. The molecular formula is C12H8N2O3S. The number of thiophene rings is 1. The summed E-state index contributed by atoms with van der Waals surface area (Å²) in [6.07, 6.45) is 0.310. The first-order valence-corrected chi connectivity index (χ1v) is 6.13. The van der Waals surface area contributed by atoms with E-state index < -0.39 is 12.0 Å². The highest BCUT2D eigenvalue weighted by Gasteiger charge is 2.34. The van der Waals surface area contributed by atoms with Gasteiger partial charge in [-0.1, -0.05) is 6.07 Å². The molecule has 0 spiro atoms. The number of hydrogen-bond acceptors (Lipinski definition) is 4. The van der Waals surface area contributed by atoms with E-state index >= 15 is 0 Å². The first-order valence-electron chi connectivity index (χ1n) is 5.25. The van der Waals surface area contributed by atoms with Crippen LogP contribution in [-0.2, 0) is 6.54 Å². The van der Waals surface area contributed by atoms with Crippen LogP contribution < -0.4 is 0 Å². The lowest BCUT2D eigenvalue weighted by Crippen LogP contribution is -2.29. The molecule has 1 aliphatic heterocycles. The molecule has 1 N–H and O–H groups in total. The minimum Gasteiger partial charge on any atom is -0.465 e. The molecule has 2 aromatic heterocycles. The van der Waals surface area contributed by atoms with E-state index in [4.69, 9.17) is 5.11 Å². The molecule has 0 bridgehead atoms. The van der Waals surface area contributed by atoms with Crippen molar-refractivity contribution >= 4 is 23.3 Å². The van der Waals surface area contributed by atoms with Crippen LogP contribution in [0.2, 0.25) is 0 Å². The summed E-state index contributed by atoms with van der Waals surface area (Å²) in [6, 6.07) is 5.37. The van der Waals surface area contributed by atoms with Gasteiger partial charge in [0.2, 0.25) is 0 Å². The number of carboxylic acid groups (broad SMARTS) is 1. The zero-order valence-electron chi connectivity index (χ0n) is 9.16. The lowest BCUT2D eigenvalue weighted by Gasteiger charge is -2.07. The molecule has 18 heavy (non-hydrogen) atoms. The Hall–Kier alpha value is -2.21. The van der Waals surface area contributed by atoms with Crippen LogP contribution in [0.3, 0.4) is 0 Å². The number of carbonyl (C=O) groups excluding carboxylic acids is 1. The van der Waals surface area contributed by atoms with Crippen molar-refractivity contribution in [3.8, 4) is 10.6 Å². The monoisotopic (exact) mass is 260 g/mol. The Labute approximate surface area is 106 Å². The molecule has 0 fully saturated rings. The summed E-state index contributed by atoms with van der Waals surface area (Å²) < 4.78 is 0. The van der Waals surface area contributed by atoms with Gasteiger partial charge in [0.1, 0.15) is 0 Å². The number of carbonyl (C=O) groups is 2. The van der Waals surface area contributed by atoms with Crippen LogP contribution in [0.15, 0.2) is 29.8 Å². The van der Waals surface area contributed by atoms with Crippen LogP contribution in [-0.4, -0.2) is 27.0 Å². The number of nitrogens with zero attached hydrogens (tertiary/aromatic N) is 2.